The SMILES string of the molecule is CC(C)C(C(=O)O)c1c[nH]c2ccccc12. The molecule has 2 N–H and O–H groups in total. The molecule has 1 unspecified atom stereocenters. The highest BCUT2D eigenvalue weighted by Gasteiger charge is 2.25. The van der Waals surface area contributed by atoms with Crippen LogP contribution >= 0.6 is 0 Å². The van der Waals surface area contributed by atoms with Gasteiger partial charge in [0.1, 0.15) is 0 Å². The molecule has 0 radical (unpaired) electrons. The number of para-hydroxylation sites is 1. The monoisotopic (exact) mass is 217 g/mol. The van der Waals surface area contributed by atoms with Crippen LogP contribution in [0, 0.1) is 5.92 Å². The van der Waals surface area contributed by atoms with Crippen LogP contribution in [0.5, 0.6) is 0 Å². The van der Waals surface area contributed by atoms with Crippen molar-refractivity contribution in [3.63, 3.8) is 0 Å². The Morgan fingerprint density at radius 3 is 2.62 bits per heavy atom. The number of benzene rings is 1. The third-order valence-electron chi connectivity index (χ3n) is 2.89. The summed E-state index contributed by atoms with van der Waals surface area (Å²) in [4.78, 5) is 14.4. The van der Waals surface area contributed by atoms with Gasteiger partial charge in [-0.1, -0.05) is 32.0 Å². The number of aromatic nitrogens is 1. The second-order valence-corrected chi connectivity index (χ2v) is 4.35. The van der Waals surface area contributed by atoms with E-state index in [0.29, 0.717) is 0 Å². The van der Waals surface area contributed by atoms with Crippen LogP contribution < -0.4 is 0 Å². The molecular weight excluding hydrogens is 202 g/mol. The van der Waals surface area contributed by atoms with Crippen molar-refractivity contribution in [1.82, 2.24) is 4.98 Å². The van der Waals surface area contributed by atoms with Crippen molar-refractivity contribution in [3.05, 3.63) is 36.0 Å². The van der Waals surface area contributed by atoms with Crippen LogP contribution in [0.4, 0.5) is 0 Å². The average Bonchev–Trinajstić information content (AvgIpc) is 2.61. The number of aliphatic carboxylic acids is 1. The Kier molecular flexibility index (Phi) is 2.69. The third-order valence-corrected chi connectivity index (χ3v) is 2.89. The highest BCUT2D eigenvalue weighted by Crippen LogP contribution is 2.30. The fourth-order valence-corrected chi connectivity index (χ4v) is 2.13. The Labute approximate surface area is 94.1 Å². The second kappa shape index (κ2) is 4.00. The van der Waals surface area contributed by atoms with Gasteiger partial charge in [0.2, 0.25) is 0 Å². The lowest BCUT2D eigenvalue weighted by atomic mass is 9.88. The Bertz CT molecular complexity index is 513. The second-order valence-electron chi connectivity index (χ2n) is 4.35. The molecule has 0 aliphatic heterocycles. The Hall–Kier alpha value is -1.77. The maximum Gasteiger partial charge on any atom is 0.311 e. The number of fused-ring (bicyclic) bond motifs is 1. The van der Waals surface area contributed by atoms with Gasteiger partial charge >= 0.3 is 5.97 Å². The summed E-state index contributed by atoms with van der Waals surface area (Å²) in [5.41, 5.74) is 1.86. The smallest absolute Gasteiger partial charge is 0.311 e. The molecule has 1 atom stereocenters. The largest absolute Gasteiger partial charge is 0.481 e. The minimum Gasteiger partial charge on any atom is -0.481 e. The number of carbonyl (C=O) groups is 1. The Morgan fingerprint density at radius 2 is 2.00 bits per heavy atom. The number of H-pyrrole nitrogens is 1. The normalized spacial score (nSPS) is 13.2. The first kappa shape index (κ1) is 10.7. The number of aromatic amines is 1. The van der Waals surface area contributed by atoms with Gasteiger partial charge in [0, 0.05) is 17.1 Å². The average molecular weight is 217 g/mol. The number of hydrogen-bond donors (Lipinski definition) is 2. The molecular formula is C13H15NO2. The van der Waals surface area contributed by atoms with Gasteiger partial charge in [-0.2, -0.15) is 0 Å². The molecule has 1 aromatic carbocycles. The van der Waals surface area contributed by atoms with Gasteiger partial charge in [-0.15, -0.1) is 0 Å². The van der Waals surface area contributed by atoms with Gasteiger partial charge in [-0.05, 0) is 17.5 Å². The van der Waals surface area contributed by atoms with Crippen molar-refractivity contribution < 1.29 is 9.90 Å². The number of nitrogens with one attached hydrogen (secondary N) is 1. The van der Waals surface area contributed by atoms with E-state index in [4.69, 9.17) is 0 Å². The van der Waals surface area contributed by atoms with Crippen LogP contribution in [-0.2, 0) is 4.79 Å². The van der Waals surface area contributed by atoms with Crippen LogP contribution in [0.2, 0.25) is 0 Å². The fourth-order valence-electron chi connectivity index (χ4n) is 2.13. The fraction of sp³-hybridized carbons (Fsp3) is 0.308. The molecule has 0 aliphatic carbocycles. The zero-order valence-electron chi connectivity index (χ0n) is 9.40. The molecule has 0 spiro atoms. The molecule has 0 saturated heterocycles. The lowest BCUT2D eigenvalue weighted by molar-refractivity contribution is -0.139. The first-order valence-corrected chi connectivity index (χ1v) is 5.40. The zero-order chi connectivity index (χ0) is 11.7. The minimum atomic E-state index is -0.764. The van der Waals surface area contributed by atoms with E-state index in [1.54, 1.807) is 0 Å². The number of carboxylic acids is 1. The van der Waals surface area contributed by atoms with Crippen molar-refractivity contribution >= 4 is 16.9 Å². The number of carboxylic acid groups (broad SMARTS) is 1. The summed E-state index contributed by atoms with van der Waals surface area (Å²) in [6.07, 6.45) is 1.81. The van der Waals surface area contributed by atoms with E-state index in [1.807, 2.05) is 44.3 Å². The van der Waals surface area contributed by atoms with Gasteiger partial charge in [0.15, 0.2) is 0 Å². The maximum absolute atomic E-state index is 11.3. The molecule has 16 heavy (non-hydrogen) atoms. The van der Waals surface area contributed by atoms with E-state index in [1.165, 1.54) is 0 Å². The Balaban J connectivity index is 2.57. The van der Waals surface area contributed by atoms with E-state index in [0.717, 1.165) is 16.5 Å². The van der Waals surface area contributed by atoms with Crippen molar-refractivity contribution in [2.24, 2.45) is 5.92 Å². The van der Waals surface area contributed by atoms with Crippen molar-refractivity contribution in [3.8, 4) is 0 Å². The molecule has 1 aromatic heterocycles. The van der Waals surface area contributed by atoms with Crippen LogP contribution in [-0.4, -0.2) is 16.1 Å². The highest BCUT2D eigenvalue weighted by molar-refractivity contribution is 5.89. The summed E-state index contributed by atoms with van der Waals surface area (Å²) >= 11 is 0. The molecule has 3 nitrogen and oxygen atoms in total. The molecule has 84 valence electrons. The van der Waals surface area contributed by atoms with E-state index >= 15 is 0 Å². The highest BCUT2D eigenvalue weighted by atomic mass is 16.4. The maximum atomic E-state index is 11.3. The van der Waals surface area contributed by atoms with Crippen LogP contribution in [0.1, 0.15) is 25.3 Å². The number of rotatable bonds is 3. The molecule has 0 bridgehead atoms. The lowest BCUT2D eigenvalue weighted by Crippen LogP contribution is -2.17. The molecule has 1 heterocycles. The lowest BCUT2D eigenvalue weighted by Gasteiger charge is -2.15. The standard InChI is InChI=1S/C13H15NO2/c1-8(2)12(13(15)16)10-7-14-11-6-4-3-5-9(10)11/h3-8,12,14H,1-2H3,(H,15,16). The quantitative estimate of drug-likeness (QED) is 0.830. The third kappa shape index (κ3) is 1.69. The molecule has 0 fully saturated rings. The predicted octanol–water partition coefficient (Wildman–Crippen LogP) is 2.99. The van der Waals surface area contributed by atoms with Crippen LogP contribution in [0.15, 0.2) is 30.5 Å². The molecule has 2 rings (SSSR count). The van der Waals surface area contributed by atoms with Gasteiger partial charge < -0.3 is 10.1 Å². The minimum absolute atomic E-state index is 0.0803. The van der Waals surface area contributed by atoms with Gasteiger partial charge in [0.05, 0.1) is 5.92 Å². The first-order valence-electron chi connectivity index (χ1n) is 5.40. The molecule has 0 aliphatic rings. The predicted molar refractivity (Wildman–Crippen MR) is 63.5 cm³/mol. The van der Waals surface area contributed by atoms with Crippen LogP contribution in [0.3, 0.4) is 0 Å². The van der Waals surface area contributed by atoms with Crippen molar-refractivity contribution in [2.45, 2.75) is 19.8 Å². The summed E-state index contributed by atoms with van der Waals surface area (Å²) < 4.78 is 0. The summed E-state index contributed by atoms with van der Waals surface area (Å²) in [6.45, 7) is 3.86. The molecule has 0 amide bonds. The van der Waals surface area contributed by atoms with E-state index in [9.17, 15) is 9.90 Å². The van der Waals surface area contributed by atoms with Gasteiger partial charge in [-0.3, -0.25) is 4.79 Å². The van der Waals surface area contributed by atoms with E-state index < -0.39 is 11.9 Å². The number of hydrogen-bond acceptors (Lipinski definition) is 1. The van der Waals surface area contributed by atoms with Crippen molar-refractivity contribution in [1.29, 1.82) is 0 Å². The molecule has 3 heteroatoms. The van der Waals surface area contributed by atoms with Gasteiger partial charge in [-0.25, -0.2) is 0 Å². The summed E-state index contributed by atoms with van der Waals surface area (Å²) in [7, 11) is 0. The molecule has 2 aromatic rings. The Morgan fingerprint density at radius 1 is 1.31 bits per heavy atom. The van der Waals surface area contributed by atoms with Crippen molar-refractivity contribution in [2.75, 3.05) is 0 Å². The first-order chi connectivity index (χ1) is 7.61. The summed E-state index contributed by atoms with van der Waals surface area (Å²) in [6, 6.07) is 7.78. The summed E-state index contributed by atoms with van der Waals surface area (Å²) in [5, 5.41) is 10.3. The van der Waals surface area contributed by atoms with Crippen LogP contribution in [0.25, 0.3) is 10.9 Å². The topological polar surface area (TPSA) is 53.1 Å². The van der Waals surface area contributed by atoms with Gasteiger partial charge in [0.25, 0.3) is 0 Å². The summed E-state index contributed by atoms with van der Waals surface area (Å²) in [5.74, 6) is -1.13. The molecule has 0 saturated carbocycles. The zero-order valence-corrected chi connectivity index (χ0v) is 9.40. The van der Waals surface area contributed by atoms with E-state index in [-0.39, 0.29) is 5.92 Å². The van der Waals surface area contributed by atoms with E-state index in [2.05, 4.69) is 4.98 Å².